The van der Waals surface area contributed by atoms with E-state index in [-0.39, 0.29) is 28.9 Å². The maximum atomic E-state index is 12.7. The molecule has 1 atom stereocenters. The summed E-state index contributed by atoms with van der Waals surface area (Å²) in [5.41, 5.74) is 4.02. The van der Waals surface area contributed by atoms with Crippen LogP contribution in [-0.2, 0) is 11.3 Å². The van der Waals surface area contributed by atoms with Crippen molar-refractivity contribution in [2.75, 3.05) is 6.54 Å². The van der Waals surface area contributed by atoms with E-state index in [1.165, 1.54) is 0 Å². The van der Waals surface area contributed by atoms with E-state index in [2.05, 4.69) is 22.0 Å². The smallest absolute Gasteiger partial charge is 0.270 e. The highest BCUT2D eigenvalue weighted by atomic mass is 16.6. The summed E-state index contributed by atoms with van der Waals surface area (Å²) < 4.78 is 2.11. The molecule has 1 aromatic heterocycles. The first kappa shape index (κ1) is 22.3. The largest absolute Gasteiger partial charge is 0.356 e. The molecule has 1 N–H and O–H groups in total. The molecule has 0 saturated carbocycles. The lowest BCUT2D eigenvalue weighted by molar-refractivity contribution is -0.384. The normalized spacial score (nSPS) is 11.9. The molecule has 33 heavy (non-hydrogen) atoms. The number of aromatic nitrogens is 1. The molecule has 4 rings (SSSR count). The van der Waals surface area contributed by atoms with Gasteiger partial charge in [-0.1, -0.05) is 67.6 Å². The Kier molecular flexibility index (Phi) is 6.83. The highest BCUT2D eigenvalue weighted by molar-refractivity contribution is 5.88. The third-order valence-corrected chi connectivity index (χ3v) is 5.84. The molecule has 1 unspecified atom stereocenters. The summed E-state index contributed by atoms with van der Waals surface area (Å²) >= 11 is 0. The lowest BCUT2D eigenvalue weighted by atomic mass is 9.88. The number of carbonyl (C=O) groups is 1. The number of nitrogens with one attached hydrogen (secondary N) is 1. The average Bonchev–Trinajstić information content (AvgIpc) is 3.19. The molecule has 0 radical (unpaired) electrons. The topological polar surface area (TPSA) is 77.2 Å². The number of hydrogen-bond acceptors (Lipinski definition) is 3. The van der Waals surface area contributed by atoms with E-state index < -0.39 is 0 Å². The number of hydrogen-bond donors (Lipinski definition) is 1. The number of amides is 1. The van der Waals surface area contributed by atoms with Gasteiger partial charge in [-0.15, -0.1) is 0 Å². The molecule has 4 aromatic rings. The third-order valence-electron chi connectivity index (χ3n) is 5.84. The second kappa shape index (κ2) is 10.1. The molecule has 0 aliphatic rings. The first-order valence-electron chi connectivity index (χ1n) is 11.2. The number of nitrogens with zero attached hydrogens (tertiary/aromatic N) is 2. The van der Waals surface area contributed by atoms with E-state index in [9.17, 15) is 14.9 Å². The van der Waals surface area contributed by atoms with Gasteiger partial charge in [0.25, 0.3) is 5.69 Å². The highest BCUT2D eigenvalue weighted by Crippen LogP contribution is 2.36. The van der Waals surface area contributed by atoms with Gasteiger partial charge in [0.05, 0.1) is 4.92 Å². The number of nitro benzene ring substituents is 1. The zero-order valence-corrected chi connectivity index (χ0v) is 18.6. The minimum absolute atomic E-state index is 0.0277. The number of nitro groups is 1. The van der Waals surface area contributed by atoms with Gasteiger partial charge in [-0.25, -0.2) is 0 Å². The molecular weight excluding hydrogens is 414 g/mol. The van der Waals surface area contributed by atoms with Gasteiger partial charge < -0.3 is 9.88 Å². The molecule has 0 fully saturated rings. The summed E-state index contributed by atoms with van der Waals surface area (Å²) in [7, 11) is 0. The van der Waals surface area contributed by atoms with Gasteiger partial charge in [-0.05, 0) is 29.2 Å². The Bertz CT molecular complexity index is 1250. The molecule has 1 amide bonds. The predicted molar refractivity (Wildman–Crippen MR) is 130 cm³/mol. The second-order valence-corrected chi connectivity index (χ2v) is 8.17. The van der Waals surface area contributed by atoms with Crippen LogP contribution in [0.1, 0.15) is 42.4 Å². The molecule has 168 valence electrons. The van der Waals surface area contributed by atoms with Crippen molar-refractivity contribution in [3.05, 3.63) is 112 Å². The molecule has 0 bridgehead atoms. The fourth-order valence-electron chi connectivity index (χ4n) is 4.23. The lowest BCUT2D eigenvalue weighted by Gasteiger charge is -2.17. The zero-order chi connectivity index (χ0) is 23.2. The van der Waals surface area contributed by atoms with E-state index in [1.807, 2.05) is 61.7 Å². The van der Waals surface area contributed by atoms with Crippen molar-refractivity contribution in [1.29, 1.82) is 0 Å². The number of rotatable bonds is 9. The Hall–Kier alpha value is -3.93. The molecular formula is C27H27N3O3. The van der Waals surface area contributed by atoms with E-state index in [0.717, 1.165) is 34.0 Å². The van der Waals surface area contributed by atoms with Gasteiger partial charge in [-0.2, -0.15) is 0 Å². The Morgan fingerprint density at radius 1 is 1.03 bits per heavy atom. The third kappa shape index (κ3) is 5.12. The molecule has 1 heterocycles. The van der Waals surface area contributed by atoms with Gasteiger partial charge >= 0.3 is 0 Å². The maximum Gasteiger partial charge on any atom is 0.270 e. The summed E-state index contributed by atoms with van der Waals surface area (Å²) in [6.07, 6.45) is 3.19. The molecule has 6 heteroatoms. The van der Waals surface area contributed by atoms with Crippen molar-refractivity contribution in [1.82, 2.24) is 9.88 Å². The van der Waals surface area contributed by atoms with Crippen LogP contribution >= 0.6 is 0 Å². The fraction of sp³-hybridized carbons (Fsp3) is 0.222. The minimum atomic E-state index is -0.372. The molecule has 6 nitrogen and oxygen atoms in total. The molecule has 0 spiro atoms. The van der Waals surface area contributed by atoms with Crippen LogP contribution in [0.25, 0.3) is 10.9 Å². The highest BCUT2D eigenvalue weighted by Gasteiger charge is 2.24. The van der Waals surface area contributed by atoms with Crippen molar-refractivity contribution in [3.8, 4) is 0 Å². The van der Waals surface area contributed by atoms with Crippen LogP contribution in [0.15, 0.2) is 85.1 Å². The van der Waals surface area contributed by atoms with Crippen LogP contribution in [0.2, 0.25) is 0 Å². The summed E-state index contributed by atoms with van der Waals surface area (Å²) in [4.78, 5) is 23.9. The van der Waals surface area contributed by atoms with Gasteiger partial charge in [-0.3, -0.25) is 14.9 Å². The zero-order valence-electron chi connectivity index (χ0n) is 18.6. The SMILES string of the molecule is CCCNC(=O)CC(c1ccccc1)c1cn(Cc2ccccc2)c2ccc([N+](=O)[O-])cc12. The van der Waals surface area contributed by atoms with Gasteiger partial charge in [0.2, 0.25) is 5.91 Å². The Balaban J connectivity index is 1.84. The Morgan fingerprint density at radius 3 is 2.39 bits per heavy atom. The first-order chi connectivity index (χ1) is 16.1. The van der Waals surface area contributed by atoms with Crippen LogP contribution in [-0.4, -0.2) is 21.9 Å². The summed E-state index contributed by atoms with van der Waals surface area (Å²) in [5.74, 6) is -0.246. The van der Waals surface area contributed by atoms with Crippen LogP contribution in [0.3, 0.4) is 0 Å². The van der Waals surface area contributed by atoms with Crippen molar-refractivity contribution in [3.63, 3.8) is 0 Å². The van der Waals surface area contributed by atoms with Crippen molar-refractivity contribution >= 4 is 22.5 Å². The first-order valence-corrected chi connectivity index (χ1v) is 11.2. The monoisotopic (exact) mass is 441 g/mol. The molecule has 3 aromatic carbocycles. The van der Waals surface area contributed by atoms with Crippen molar-refractivity contribution in [2.24, 2.45) is 0 Å². The van der Waals surface area contributed by atoms with Crippen LogP contribution in [0.4, 0.5) is 5.69 Å². The molecule has 0 aliphatic heterocycles. The van der Waals surface area contributed by atoms with Crippen LogP contribution in [0, 0.1) is 10.1 Å². The number of benzene rings is 3. The van der Waals surface area contributed by atoms with Gasteiger partial charge in [0.15, 0.2) is 0 Å². The lowest BCUT2D eigenvalue weighted by Crippen LogP contribution is -2.26. The van der Waals surface area contributed by atoms with Crippen molar-refractivity contribution in [2.45, 2.75) is 32.2 Å². The number of non-ortho nitro benzene ring substituents is 1. The van der Waals surface area contributed by atoms with Crippen LogP contribution in [0.5, 0.6) is 0 Å². The van der Waals surface area contributed by atoms with Gasteiger partial charge in [0.1, 0.15) is 0 Å². The van der Waals surface area contributed by atoms with E-state index >= 15 is 0 Å². The maximum absolute atomic E-state index is 12.7. The standard InChI is InChI=1S/C27H27N3O3/c1-2-15-28-27(31)17-23(21-11-7-4-8-12-21)25-19-29(18-20-9-5-3-6-10-20)26-14-13-22(30(32)33)16-24(25)26/h3-14,16,19,23H,2,15,17-18H2,1H3,(H,28,31). The predicted octanol–water partition coefficient (Wildman–Crippen LogP) is 5.65. The average molecular weight is 442 g/mol. The summed E-state index contributed by atoms with van der Waals surface area (Å²) in [6.45, 7) is 3.28. The van der Waals surface area contributed by atoms with Gasteiger partial charge in [0, 0.05) is 54.7 Å². The fourth-order valence-corrected chi connectivity index (χ4v) is 4.23. The van der Waals surface area contributed by atoms with E-state index in [0.29, 0.717) is 13.1 Å². The molecule has 0 saturated heterocycles. The quantitative estimate of drug-likeness (QED) is 0.269. The summed E-state index contributed by atoms with van der Waals surface area (Å²) in [6, 6.07) is 24.9. The van der Waals surface area contributed by atoms with Crippen molar-refractivity contribution < 1.29 is 9.72 Å². The van der Waals surface area contributed by atoms with E-state index in [4.69, 9.17) is 0 Å². The van der Waals surface area contributed by atoms with E-state index in [1.54, 1.807) is 18.2 Å². The molecule has 0 aliphatic carbocycles. The Morgan fingerprint density at radius 2 is 1.73 bits per heavy atom. The Labute approximate surface area is 193 Å². The minimum Gasteiger partial charge on any atom is -0.356 e. The van der Waals surface area contributed by atoms with Crippen LogP contribution < -0.4 is 5.32 Å². The number of fused-ring (bicyclic) bond motifs is 1. The number of carbonyl (C=O) groups excluding carboxylic acids is 1. The second-order valence-electron chi connectivity index (χ2n) is 8.17. The summed E-state index contributed by atoms with van der Waals surface area (Å²) in [5, 5.41) is 15.3.